The highest BCUT2D eigenvalue weighted by molar-refractivity contribution is 6.44. The Hall–Kier alpha value is -3.16. The van der Waals surface area contributed by atoms with Gasteiger partial charge in [-0.15, -0.1) is 0 Å². The summed E-state index contributed by atoms with van der Waals surface area (Å²) in [6.45, 7) is 8.14. The molecule has 8 nitrogen and oxygen atoms in total. The van der Waals surface area contributed by atoms with Gasteiger partial charge in [0.1, 0.15) is 5.60 Å². The molecule has 1 aliphatic rings. The number of anilines is 1. The normalized spacial score (nSPS) is 13.1. The van der Waals surface area contributed by atoms with E-state index >= 15 is 0 Å². The molecule has 2 rings (SSSR count). The Kier molecular flexibility index (Phi) is 6.23. The lowest BCUT2D eigenvalue weighted by atomic mass is 10.0. The second-order valence-electron chi connectivity index (χ2n) is 6.83. The lowest BCUT2D eigenvalue weighted by Crippen LogP contribution is -2.39. The van der Waals surface area contributed by atoms with Gasteiger partial charge in [-0.2, -0.15) is 0 Å². The molecule has 0 fully saturated rings. The molecule has 1 aromatic carbocycles. The summed E-state index contributed by atoms with van der Waals surface area (Å²) in [5.74, 6) is -2.85. The number of fused-ring (bicyclic) bond motifs is 1. The Labute approximate surface area is 163 Å². The van der Waals surface area contributed by atoms with Crippen molar-refractivity contribution in [2.45, 2.75) is 40.2 Å². The molecular formula is C20H23NO7. The van der Waals surface area contributed by atoms with Crippen molar-refractivity contribution in [1.29, 1.82) is 0 Å². The molecule has 0 saturated heterocycles. The van der Waals surface area contributed by atoms with Gasteiger partial charge in [-0.3, -0.25) is 4.79 Å². The lowest BCUT2D eigenvalue weighted by molar-refractivity contribution is -0.146. The van der Waals surface area contributed by atoms with Crippen LogP contribution in [0.2, 0.25) is 0 Å². The van der Waals surface area contributed by atoms with Gasteiger partial charge < -0.3 is 14.2 Å². The fourth-order valence-corrected chi connectivity index (χ4v) is 2.64. The standard InChI is InChI=1S/C20H23NO7/c1-6-26-17(23)15(18(24)27-7-2)14-12-10-8-9-11-13(12)21(16(14)22)19(25)28-20(3,4)5/h8-11H,6-7H2,1-5H3. The fourth-order valence-electron chi connectivity index (χ4n) is 2.64. The number of nitrogens with zero attached hydrogens (tertiary/aromatic N) is 1. The van der Waals surface area contributed by atoms with E-state index in [1.807, 2.05) is 0 Å². The fraction of sp³-hybridized carbons (Fsp3) is 0.400. The van der Waals surface area contributed by atoms with Crippen LogP contribution < -0.4 is 4.90 Å². The highest BCUT2D eigenvalue weighted by atomic mass is 16.6. The number of hydrogen-bond donors (Lipinski definition) is 0. The van der Waals surface area contributed by atoms with Crippen LogP contribution >= 0.6 is 0 Å². The number of carbonyl (C=O) groups excluding carboxylic acids is 4. The van der Waals surface area contributed by atoms with E-state index in [0.29, 0.717) is 0 Å². The minimum Gasteiger partial charge on any atom is -0.462 e. The maximum atomic E-state index is 13.1. The molecule has 1 aliphatic heterocycles. The van der Waals surface area contributed by atoms with Gasteiger partial charge in [0.25, 0.3) is 5.91 Å². The number of carbonyl (C=O) groups is 4. The highest BCUT2D eigenvalue weighted by Gasteiger charge is 2.43. The summed E-state index contributed by atoms with van der Waals surface area (Å²) < 4.78 is 15.2. The predicted octanol–water partition coefficient (Wildman–Crippen LogP) is 2.85. The molecule has 0 N–H and O–H groups in total. The topological polar surface area (TPSA) is 99.2 Å². The minimum atomic E-state index is -0.995. The van der Waals surface area contributed by atoms with E-state index in [2.05, 4.69) is 0 Å². The van der Waals surface area contributed by atoms with Crippen molar-refractivity contribution in [3.05, 3.63) is 35.4 Å². The Morgan fingerprint density at radius 1 is 0.964 bits per heavy atom. The molecule has 0 bridgehead atoms. The molecule has 0 atom stereocenters. The maximum Gasteiger partial charge on any atom is 0.422 e. The zero-order chi connectivity index (χ0) is 21.1. The summed E-state index contributed by atoms with van der Waals surface area (Å²) in [4.78, 5) is 51.4. The molecule has 0 unspecified atom stereocenters. The molecule has 1 heterocycles. The van der Waals surface area contributed by atoms with Crippen molar-refractivity contribution in [2.75, 3.05) is 18.1 Å². The van der Waals surface area contributed by atoms with E-state index in [0.717, 1.165) is 4.90 Å². The first-order chi connectivity index (χ1) is 13.1. The van der Waals surface area contributed by atoms with Crippen molar-refractivity contribution in [2.24, 2.45) is 0 Å². The molecule has 0 saturated carbocycles. The molecule has 0 radical (unpaired) electrons. The second-order valence-corrected chi connectivity index (χ2v) is 6.83. The number of hydrogen-bond acceptors (Lipinski definition) is 7. The first-order valence-corrected chi connectivity index (χ1v) is 8.87. The minimum absolute atomic E-state index is 0.000631. The van der Waals surface area contributed by atoms with Gasteiger partial charge >= 0.3 is 18.0 Å². The Morgan fingerprint density at radius 3 is 2.00 bits per heavy atom. The lowest BCUT2D eigenvalue weighted by Gasteiger charge is -2.23. The Bertz CT molecular complexity index is 828. The quantitative estimate of drug-likeness (QED) is 0.257. The van der Waals surface area contributed by atoms with Crippen LogP contribution in [0.3, 0.4) is 0 Å². The van der Waals surface area contributed by atoms with Gasteiger partial charge in [-0.25, -0.2) is 19.3 Å². The van der Waals surface area contributed by atoms with Crippen molar-refractivity contribution in [1.82, 2.24) is 0 Å². The molecule has 0 aromatic heterocycles. The zero-order valence-electron chi connectivity index (χ0n) is 16.5. The van der Waals surface area contributed by atoms with E-state index in [1.54, 1.807) is 46.8 Å². The van der Waals surface area contributed by atoms with Crippen LogP contribution in [0, 0.1) is 0 Å². The second kappa shape index (κ2) is 8.24. The van der Waals surface area contributed by atoms with Crippen molar-refractivity contribution >= 4 is 35.2 Å². The molecule has 2 amide bonds. The third kappa shape index (κ3) is 4.21. The Morgan fingerprint density at radius 2 is 1.50 bits per heavy atom. The van der Waals surface area contributed by atoms with Crippen molar-refractivity contribution < 1.29 is 33.4 Å². The number of rotatable bonds is 4. The van der Waals surface area contributed by atoms with Gasteiger partial charge in [0.2, 0.25) is 0 Å². The van der Waals surface area contributed by atoms with E-state index in [9.17, 15) is 19.2 Å². The third-order valence-corrected chi connectivity index (χ3v) is 3.62. The molecule has 0 aliphatic carbocycles. The average Bonchev–Trinajstić information content (AvgIpc) is 2.87. The largest absolute Gasteiger partial charge is 0.462 e. The summed E-state index contributed by atoms with van der Waals surface area (Å²) >= 11 is 0. The molecule has 150 valence electrons. The third-order valence-electron chi connectivity index (χ3n) is 3.62. The summed E-state index contributed by atoms with van der Waals surface area (Å²) in [6.07, 6.45) is -0.910. The van der Waals surface area contributed by atoms with Gasteiger partial charge in [-0.1, -0.05) is 18.2 Å². The molecule has 0 spiro atoms. The van der Waals surface area contributed by atoms with Crippen molar-refractivity contribution in [3.63, 3.8) is 0 Å². The van der Waals surface area contributed by atoms with Crippen LogP contribution in [-0.4, -0.2) is 42.8 Å². The number of amides is 2. The van der Waals surface area contributed by atoms with Crippen LogP contribution in [-0.2, 0) is 28.6 Å². The number of imide groups is 1. The van der Waals surface area contributed by atoms with Gasteiger partial charge in [0.05, 0.1) is 24.5 Å². The summed E-state index contributed by atoms with van der Waals surface area (Å²) in [7, 11) is 0. The molecule has 1 aromatic rings. The number of benzene rings is 1. The summed E-state index contributed by atoms with van der Waals surface area (Å²) in [5.41, 5.74) is -1.19. The van der Waals surface area contributed by atoms with E-state index < -0.39 is 35.1 Å². The van der Waals surface area contributed by atoms with Crippen LogP contribution in [0.15, 0.2) is 29.8 Å². The van der Waals surface area contributed by atoms with Crippen LogP contribution in [0.4, 0.5) is 10.5 Å². The highest BCUT2D eigenvalue weighted by Crippen LogP contribution is 2.39. The number of ether oxygens (including phenoxy) is 3. The smallest absolute Gasteiger partial charge is 0.422 e. The van der Waals surface area contributed by atoms with Gasteiger partial charge in [-0.05, 0) is 40.7 Å². The van der Waals surface area contributed by atoms with Crippen LogP contribution in [0.5, 0.6) is 0 Å². The number of esters is 2. The predicted molar refractivity (Wildman–Crippen MR) is 100 cm³/mol. The van der Waals surface area contributed by atoms with E-state index in [4.69, 9.17) is 14.2 Å². The SMILES string of the molecule is CCOC(=O)C(C(=O)OCC)=C1C(=O)N(C(=O)OC(C)(C)C)c2ccccc21. The van der Waals surface area contributed by atoms with E-state index in [-0.39, 0.29) is 30.0 Å². The van der Waals surface area contributed by atoms with Gasteiger partial charge in [0.15, 0.2) is 5.57 Å². The number of para-hydroxylation sites is 1. The van der Waals surface area contributed by atoms with E-state index in [1.165, 1.54) is 12.1 Å². The molecule has 28 heavy (non-hydrogen) atoms. The monoisotopic (exact) mass is 389 g/mol. The molecular weight excluding hydrogens is 366 g/mol. The Balaban J connectivity index is 2.67. The summed E-state index contributed by atoms with van der Waals surface area (Å²) in [6, 6.07) is 6.31. The zero-order valence-corrected chi connectivity index (χ0v) is 16.5. The van der Waals surface area contributed by atoms with Crippen molar-refractivity contribution in [3.8, 4) is 0 Å². The van der Waals surface area contributed by atoms with Crippen LogP contribution in [0.25, 0.3) is 5.57 Å². The first-order valence-electron chi connectivity index (χ1n) is 8.87. The first kappa shape index (κ1) is 21.1. The summed E-state index contributed by atoms with van der Waals surface area (Å²) in [5, 5.41) is 0. The van der Waals surface area contributed by atoms with Crippen LogP contribution in [0.1, 0.15) is 40.2 Å². The van der Waals surface area contributed by atoms with Gasteiger partial charge in [0, 0.05) is 5.56 Å². The molecule has 8 heteroatoms. The maximum absolute atomic E-state index is 13.1. The average molecular weight is 389 g/mol.